The van der Waals surface area contributed by atoms with Crippen LogP contribution in [0.3, 0.4) is 0 Å². The van der Waals surface area contributed by atoms with Crippen LogP contribution in [0.4, 0.5) is 11.4 Å². The molecule has 0 bridgehead atoms. The molecule has 1 amide bonds. The largest absolute Gasteiger partial charge is 0.385 e. The highest BCUT2D eigenvalue weighted by Crippen LogP contribution is 2.23. The molecule has 1 aromatic carbocycles. The Labute approximate surface area is 125 Å². The fourth-order valence-corrected chi connectivity index (χ4v) is 2.24. The minimum Gasteiger partial charge on any atom is -0.385 e. The van der Waals surface area contributed by atoms with Gasteiger partial charge in [0, 0.05) is 29.9 Å². The summed E-state index contributed by atoms with van der Waals surface area (Å²) in [4.78, 5) is 22.8. The molecule has 0 saturated heterocycles. The van der Waals surface area contributed by atoms with Gasteiger partial charge in [-0.25, -0.2) is 0 Å². The number of anilines is 1. The summed E-state index contributed by atoms with van der Waals surface area (Å²) in [6.07, 6.45) is 1.78. The third-order valence-corrected chi connectivity index (χ3v) is 3.15. The summed E-state index contributed by atoms with van der Waals surface area (Å²) in [5.74, 6) is -0.298. The van der Waals surface area contributed by atoms with Crippen molar-refractivity contribution < 1.29 is 9.72 Å². The zero-order valence-corrected chi connectivity index (χ0v) is 13.0. The average Bonchev–Trinajstić information content (AvgIpc) is 2.38. The van der Waals surface area contributed by atoms with Gasteiger partial charge in [-0.2, -0.15) is 0 Å². The molecule has 0 heterocycles. The Kier molecular flexibility index (Phi) is 5.69. The van der Waals surface area contributed by atoms with Crippen molar-refractivity contribution in [1.29, 1.82) is 0 Å². The van der Waals surface area contributed by atoms with Crippen molar-refractivity contribution in [1.82, 2.24) is 5.32 Å². The van der Waals surface area contributed by atoms with E-state index in [1.807, 2.05) is 27.7 Å². The Morgan fingerprint density at radius 1 is 1.33 bits per heavy atom. The fraction of sp³-hybridized carbons (Fsp3) is 0.533. The summed E-state index contributed by atoms with van der Waals surface area (Å²) in [6.45, 7) is 8.48. The van der Waals surface area contributed by atoms with Crippen LogP contribution in [-0.2, 0) is 0 Å². The van der Waals surface area contributed by atoms with Gasteiger partial charge in [-0.15, -0.1) is 0 Å². The molecule has 1 rings (SSSR count). The smallest absolute Gasteiger partial charge is 0.270 e. The standard InChI is InChI=1S/C15H23N3O3/c1-5-9-15(3,4)17-14(19)12-10-11(18(20)21)7-8-13(12)16-6-2/h7-8,10,16H,5-6,9H2,1-4H3,(H,17,19). The first-order valence-electron chi connectivity index (χ1n) is 7.15. The van der Waals surface area contributed by atoms with Gasteiger partial charge < -0.3 is 10.6 Å². The number of hydrogen-bond acceptors (Lipinski definition) is 4. The van der Waals surface area contributed by atoms with Gasteiger partial charge in [0.05, 0.1) is 10.5 Å². The second-order valence-corrected chi connectivity index (χ2v) is 5.61. The number of amides is 1. The molecule has 2 N–H and O–H groups in total. The molecular weight excluding hydrogens is 270 g/mol. The topological polar surface area (TPSA) is 84.3 Å². The Hall–Kier alpha value is -2.11. The van der Waals surface area contributed by atoms with E-state index in [9.17, 15) is 14.9 Å². The van der Waals surface area contributed by atoms with Crippen molar-refractivity contribution in [2.24, 2.45) is 0 Å². The summed E-state index contributed by atoms with van der Waals surface area (Å²) < 4.78 is 0. The predicted octanol–water partition coefficient (Wildman–Crippen LogP) is 3.34. The maximum absolute atomic E-state index is 12.4. The van der Waals surface area contributed by atoms with Gasteiger partial charge in [0.15, 0.2) is 0 Å². The molecule has 0 aliphatic rings. The number of nitrogens with zero attached hydrogens (tertiary/aromatic N) is 1. The van der Waals surface area contributed by atoms with Crippen molar-refractivity contribution in [2.45, 2.75) is 46.1 Å². The zero-order chi connectivity index (χ0) is 16.0. The van der Waals surface area contributed by atoms with Gasteiger partial charge in [0.25, 0.3) is 11.6 Å². The van der Waals surface area contributed by atoms with E-state index < -0.39 is 4.92 Å². The van der Waals surface area contributed by atoms with Crippen molar-refractivity contribution in [3.63, 3.8) is 0 Å². The Morgan fingerprint density at radius 3 is 2.52 bits per heavy atom. The number of carbonyl (C=O) groups is 1. The zero-order valence-electron chi connectivity index (χ0n) is 13.0. The van der Waals surface area contributed by atoms with E-state index in [0.717, 1.165) is 12.8 Å². The lowest BCUT2D eigenvalue weighted by Crippen LogP contribution is -2.43. The second kappa shape index (κ2) is 7.06. The van der Waals surface area contributed by atoms with Crippen LogP contribution in [0.5, 0.6) is 0 Å². The van der Waals surface area contributed by atoms with Crippen LogP contribution in [0, 0.1) is 10.1 Å². The number of benzene rings is 1. The quantitative estimate of drug-likeness (QED) is 0.596. The number of nitrogens with one attached hydrogen (secondary N) is 2. The van der Waals surface area contributed by atoms with E-state index >= 15 is 0 Å². The third-order valence-electron chi connectivity index (χ3n) is 3.15. The summed E-state index contributed by atoms with van der Waals surface area (Å²) in [7, 11) is 0. The number of non-ortho nitro benzene ring substituents is 1. The van der Waals surface area contributed by atoms with Crippen LogP contribution in [0.15, 0.2) is 18.2 Å². The monoisotopic (exact) mass is 293 g/mol. The number of hydrogen-bond donors (Lipinski definition) is 2. The van der Waals surface area contributed by atoms with Gasteiger partial charge >= 0.3 is 0 Å². The highest BCUT2D eigenvalue weighted by atomic mass is 16.6. The van der Waals surface area contributed by atoms with E-state index in [0.29, 0.717) is 17.8 Å². The summed E-state index contributed by atoms with van der Waals surface area (Å²) >= 11 is 0. The number of nitro benzene ring substituents is 1. The lowest BCUT2D eigenvalue weighted by molar-refractivity contribution is -0.384. The highest BCUT2D eigenvalue weighted by Gasteiger charge is 2.23. The maximum Gasteiger partial charge on any atom is 0.270 e. The molecule has 6 heteroatoms. The van der Waals surface area contributed by atoms with Gasteiger partial charge in [-0.1, -0.05) is 13.3 Å². The molecule has 0 aliphatic heterocycles. The van der Waals surface area contributed by atoms with Gasteiger partial charge in [0.1, 0.15) is 0 Å². The van der Waals surface area contributed by atoms with Gasteiger partial charge in [0.2, 0.25) is 0 Å². The van der Waals surface area contributed by atoms with Gasteiger partial charge in [-0.05, 0) is 33.3 Å². The van der Waals surface area contributed by atoms with E-state index in [2.05, 4.69) is 10.6 Å². The van der Waals surface area contributed by atoms with Crippen LogP contribution < -0.4 is 10.6 Å². The Bertz CT molecular complexity index is 527. The van der Waals surface area contributed by atoms with Crippen LogP contribution in [0.1, 0.15) is 50.9 Å². The fourth-order valence-electron chi connectivity index (χ4n) is 2.24. The molecule has 0 unspecified atom stereocenters. The minimum atomic E-state index is -0.496. The van der Waals surface area contributed by atoms with E-state index in [1.165, 1.54) is 12.1 Å². The average molecular weight is 293 g/mol. The van der Waals surface area contributed by atoms with Crippen LogP contribution in [-0.4, -0.2) is 22.9 Å². The third kappa shape index (κ3) is 4.73. The second-order valence-electron chi connectivity index (χ2n) is 5.61. The highest BCUT2D eigenvalue weighted by molar-refractivity contribution is 6.00. The molecule has 0 aromatic heterocycles. The molecule has 0 saturated carbocycles. The first-order chi connectivity index (χ1) is 9.80. The molecule has 1 aromatic rings. The van der Waals surface area contributed by atoms with Crippen molar-refractivity contribution in [3.8, 4) is 0 Å². The molecule has 116 valence electrons. The molecule has 0 atom stereocenters. The molecule has 0 aliphatic carbocycles. The molecule has 21 heavy (non-hydrogen) atoms. The Morgan fingerprint density at radius 2 is 2.00 bits per heavy atom. The molecule has 0 fully saturated rings. The summed E-state index contributed by atoms with van der Waals surface area (Å²) in [5, 5.41) is 16.9. The minimum absolute atomic E-state index is 0.0879. The van der Waals surface area contributed by atoms with Crippen molar-refractivity contribution in [2.75, 3.05) is 11.9 Å². The Balaban J connectivity index is 3.10. The maximum atomic E-state index is 12.4. The molecule has 6 nitrogen and oxygen atoms in total. The lowest BCUT2D eigenvalue weighted by Gasteiger charge is -2.26. The van der Waals surface area contributed by atoms with Crippen LogP contribution in [0.25, 0.3) is 0 Å². The number of nitro groups is 1. The van der Waals surface area contributed by atoms with E-state index in [1.54, 1.807) is 6.07 Å². The number of rotatable bonds is 7. The van der Waals surface area contributed by atoms with E-state index in [4.69, 9.17) is 0 Å². The van der Waals surface area contributed by atoms with Crippen LogP contribution in [0.2, 0.25) is 0 Å². The first-order valence-corrected chi connectivity index (χ1v) is 7.15. The predicted molar refractivity (Wildman–Crippen MR) is 83.7 cm³/mol. The van der Waals surface area contributed by atoms with E-state index in [-0.39, 0.29) is 17.1 Å². The molecule has 0 radical (unpaired) electrons. The number of carbonyl (C=O) groups excluding carboxylic acids is 1. The SMILES string of the molecule is CCCC(C)(C)NC(=O)c1cc([N+](=O)[O-])ccc1NCC. The first kappa shape index (κ1) is 16.9. The lowest BCUT2D eigenvalue weighted by atomic mass is 9.98. The molecular formula is C15H23N3O3. The molecule has 0 spiro atoms. The van der Waals surface area contributed by atoms with Crippen molar-refractivity contribution in [3.05, 3.63) is 33.9 Å². The van der Waals surface area contributed by atoms with Crippen LogP contribution >= 0.6 is 0 Å². The summed E-state index contributed by atoms with van der Waals surface area (Å²) in [6, 6.07) is 4.28. The summed E-state index contributed by atoms with van der Waals surface area (Å²) in [5.41, 5.74) is 0.471. The van der Waals surface area contributed by atoms with Crippen molar-refractivity contribution >= 4 is 17.3 Å². The van der Waals surface area contributed by atoms with Gasteiger partial charge in [-0.3, -0.25) is 14.9 Å². The normalized spacial score (nSPS) is 11.0.